The summed E-state index contributed by atoms with van der Waals surface area (Å²) in [5.41, 5.74) is 1.43. The zero-order valence-corrected chi connectivity index (χ0v) is 19.2. The summed E-state index contributed by atoms with van der Waals surface area (Å²) in [6, 6.07) is 12.6. The van der Waals surface area contributed by atoms with Crippen LogP contribution >= 0.6 is 0 Å². The number of nitrogens with one attached hydrogen (secondary N) is 1. The van der Waals surface area contributed by atoms with Gasteiger partial charge in [-0.2, -0.15) is 0 Å². The molecule has 1 fully saturated rings. The monoisotopic (exact) mass is 440 g/mol. The number of methoxy groups -OCH3 is 3. The van der Waals surface area contributed by atoms with Crippen LogP contribution in [0.4, 0.5) is 0 Å². The molecule has 1 aliphatic rings. The van der Waals surface area contributed by atoms with E-state index in [1.807, 2.05) is 18.2 Å². The first kappa shape index (κ1) is 23.4. The van der Waals surface area contributed by atoms with E-state index in [2.05, 4.69) is 12.2 Å². The molecule has 2 aromatic carbocycles. The largest absolute Gasteiger partial charge is 0.497 e. The summed E-state index contributed by atoms with van der Waals surface area (Å²) in [5.74, 6) is 1.32. The Morgan fingerprint density at radius 3 is 2.28 bits per heavy atom. The highest BCUT2D eigenvalue weighted by atomic mass is 16.5. The molecule has 2 atom stereocenters. The van der Waals surface area contributed by atoms with Crippen LogP contribution in [0.25, 0.3) is 0 Å². The van der Waals surface area contributed by atoms with Gasteiger partial charge in [0.1, 0.15) is 17.2 Å². The van der Waals surface area contributed by atoms with E-state index in [4.69, 9.17) is 14.2 Å². The molecule has 0 aliphatic carbocycles. The number of benzene rings is 2. The third kappa shape index (κ3) is 5.15. The molecule has 0 saturated carbocycles. The number of unbranched alkanes of at least 4 members (excludes halogenated alkanes) is 1. The molecule has 1 aliphatic heterocycles. The number of amides is 2. The molecule has 7 heteroatoms. The quantitative estimate of drug-likeness (QED) is 0.604. The molecule has 0 aromatic heterocycles. The van der Waals surface area contributed by atoms with E-state index in [1.54, 1.807) is 50.5 Å². The van der Waals surface area contributed by atoms with Crippen LogP contribution in [-0.4, -0.2) is 57.7 Å². The van der Waals surface area contributed by atoms with Gasteiger partial charge in [-0.05, 0) is 48.9 Å². The predicted molar refractivity (Wildman–Crippen MR) is 123 cm³/mol. The number of nitrogens with zero attached hydrogens (tertiary/aromatic N) is 1. The highest BCUT2D eigenvalue weighted by molar-refractivity contribution is 5.95. The minimum absolute atomic E-state index is 0.0432. The van der Waals surface area contributed by atoms with Gasteiger partial charge in [0.05, 0.1) is 27.2 Å². The zero-order chi connectivity index (χ0) is 23.1. The lowest BCUT2D eigenvalue weighted by Gasteiger charge is -2.21. The topological polar surface area (TPSA) is 77.1 Å². The van der Waals surface area contributed by atoms with Crippen molar-refractivity contribution in [1.82, 2.24) is 10.2 Å². The molecular weight excluding hydrogens is 408 g/mol. The van der Waals surface area contributed by atoms with Gasteiger partial charge in [0.15, 0.2) is 0 Å². The Balaban J connectivity index is 1.90. The summed E-state index contributed by atoms with van der Waals surface area (Å²) in [6.45, 7) is 3.47. The van der Waals surface area contributed by atoms with Gasteiger partial charge >= 0.3 is 0 Å². The summed E-state index contributed by atoms with van der Waals surface area (Å²) in [4.78, 5) is 28.1. The molecule has 2 amide bonds. The highest BCUT2D eigenvalue weighted by Crippen LogP contribution is 2.40. The fourth-order valence-electron chi connectivity index (χ4n) is 4.12. The lowest BCUT2D eigenvalue weighted by atomic mass is 9.87. The predicted octanol–water partition coefficient (Wildman–Crippen LogP) is 3.48. The van der Waals surface area contributed by atoms with Gasteiger partial charge in [-0.1, -0.05) is 13.3 Å². The third-order valence-corrected chi connectivity index (χ3v) is 5.95. The Morgan fingerprint density at radius 1 is 0.969 bits per heavy atom. The van der Waals surface area contributed by atoms with Crippen molar-refractivity contribution in [3.05, 3.63) is 53.6 Å². The molecular formula is C25H32N2O5. The molecule has 0 bridgehead atoms. The Kier molecular flexibility index (Phi) is 7.98. The molecule has 1 saturated heterocycles. The maximum atomic E-state index is 13.2. The van der Waals surface area contributed by atoms with Crippen molar-refractivity contribution in [3.63, 3.8) is 0 Å². The number of hydrogen-bond acceptors (Lipinski definition) is 5. The summed E-state index contributed by atoms with van der Waals surface area (Å²) < 4.78 is 16.2. The van der Waals surface area contributed by atoms with E-state index in [0.29, 0.717) is 42.4 Å². The molecule has 0 spiro atoms. The standard InChI is InChI=1S/C25H32N2O5/c1-5-6-13-26-24(28)22-16-27(25(29)17-7-9-18(30-2)10-8-17)15-21(22)20-14-19(31-3)11-12-23(20)32-4/h7-12,14,21-22H,5-6,13,15-16H2,1-4H3,(H,26,28)/t21-,22-/m1/s1. The van der Waals surface area contributed by atoms with E-state index < -0.39 is 0 Å². The number of hydrogen-bond donors (Lipinski definition) is 1. The molecule has 3 rings (SSSR count). The molecule has 2 aromatic rings. The van der Waals surface area contributed by atoms with Crippen molar-refractivity contribution in [3.8, 4) is 17.2 Å². The number of carbonyl (C=O) groups excluding carboxylic acids is 2. The van der Waals surface area contributed by atoms with E-state index in [9.17, 15) is 9.59 Å². The first-order chi connectivity index (χ1) is 15.5. The fourth-order valence-corrected chi connectivity index (χ4v) is 4.12. The lowest BCUT2D eigenvalue weighted by molar-refractivity contribution is -0.124. The van der Waals surface area contributed by atoms with Crippen LogP contribution in [0.15, 0.2) is 42.5 Å². The number of likely N-dealkylation sites (tertiary alicyclic amines) is 1. The van der Waals surface area contributed by atoms with Gasteiger partial charge in [0, 0.05) is 36.7 Å². The summed E-state index contributed by atoms with van der Waals surface area (Å²) >= 11 is 0. The van der Waals surface area contributed by atoms with E-state index in [1.165, 1.54) is 0 Å². The summed E-state index contributed by atoms with van der Waals surface area (Å²) in [6.07, 6.45) is 1.92. The Bertz CT molecular complexity index is 928. The molecule has 7 nitrogen and oxygen atoms in total. The van der Waals surface area contributed by atoms with Crippen molar-refractivity contribution in [2.45, 2.75) is 25.7 Å². The van der Waals surface area contributed by atoms with Crippen molar-refractivity contribution in [1.29, 1.82) is 0 Å². The van der Waals surface area contributed by atoms with Gasteiger partial charge in [-0.15, -0.1) is 0 Å². The van der Waals surface area contributed by atoms with E-state index in [-0.39, 0.29) is 23.7 Å². The smallest absolute Gasteiger partial charge is 0.253 e. The fraction of sp³-hybridized carbons (Fsp3) is 0.440. The molecule has 1 heterocycles. The SMILES string of the molecule is CCCCNC(=O)[C@@H]1CN(C(=O)c2ccc(OC)cc2)C[C@@H]1c1cc(OC)ccc1OC. The third-order valence-electron chi connectivity index (χ3n) is 5.95. The van der Waals surface area contributed by atoms with Gasteiger partial charge in [0.2, 0.25) is 5.91 Å². The number of ether oxygens (including phenoxy) is 3. The first-order valence-corrected chi connectivity index (χ1v) is 10.9. The average molecular weight is 441 g/mol. The van der Waals surface area contributed by atoms with Gasteiger partial charge < -0.3 is 24.4 Å². The zero-order valence-electron chi connectivity index (χ0n) is 19.2. The lowest BCUT2D eigenvalue weighted by Crippen LogP contribution is -2.36. The molecule has 0 unspecified atom stereocenters. The first-order valence-electron chi connectivity index (χ1n) is 10.9. The molecule has 172 valence electrons. The van der Waals surface area contributed by atoms with Gasteiger partial charge in [0.25, 0.3) is 5.91 Å². The van der Waals surface area contributed by atoms with Crippen LogP contribution < -0.4 is 19.5 Å². The van der Waals surface area contributed by atoms with Gasteiger partial charge in [-0.25, -0.2) is 0 Å². The van der Waals surface area contributed by atoms with Crippen molar-refractivity contribution in [2.75, 3.05) is 41.0 Å². The Morgan fingerprint density at radius 2 is 1.66 bits per heavy atom. The van der Waals surface area contributed by atoms with Crippen molar-refractivity contribution in [2.24, 2.45) is 5.92 Å². The molecule has 0 radical (unpaired) electrons. The second-order valence-electron chi connectivity index (χ2n) is 7.90. The van der Waals surface area contributed by atoms with Crippen LogP contribution in [0, 0.1) is 5.92 Å². The second kappa shape index (κ2) is 10.9. The summed E-state index contributed by atoms with van der Waals surface area (Å²) in [5, 5.41) is 3.04. The normalized spacial score (nSPS) is 17.7. The summed E-state index contributed by atoms with van der Waals surface area (Å²) in [7, 11) is 4.80. The molecule has 1 N–H and O–H groups in total. The average Bonchev–Trinajstić information content (AvgIpc) is 3.28. The van der Waals surface area contributed by atoms with Crippen molar-refractivity contribution >= 4 is 11.8 Å². The van der Waals surface area contributed by atoms with E-state index >= 15 is 0 Å². The van der Waals surface area contributed by atoms with Crippen LogP contribution in [0.5, 0.6) is 17.2 Å². The number of carbonyl (C=O) groups is 2. The highest BCUT2D eigenvalue weighted by Gasteiger charge is 2.41. The van der Waals surface area contributed by atoms with Gasteiger partial charge in [-0.3, -0.25) is 9.59 Å². The maximum absolute atomic E-state index is 13.2. The number of rotatable bonds is 9. The van der Waals surface area contributed by atoms with Crippen molar-refractivity contribution < 1.29 is 23.8 Å². The minimum atomic E-state index is -0.380. The Hall–Kier alpha value is -3.22. The Labute approximate surface area is 189 Å². The molecule has 32 heavy (non-hydrogen) atoms. The van der Waals surface area contributed by atoms with Crippen LogP contribution in [0.1, 0.15) is 41.6 Å². The van der Waals surface area contributed by atoms with Crippen LogP contribution in [-0.2, 0) is 4.79 Å². The second-order valence-corrected chi connectivity index (χ2v) is 7.90. The van der Waals surface area contributed by atoms with E-state index in [0.717, 1.165) is 18.4 Å². The maximum Gasteiger partial charge on any atom is 0.253 e. The van der Waals surface area contributed by atoms with Crippen LogP contribution in [0.2, 0.25) is 0 Å². The minimum Gasteiger partial charge on any atom is -0.497 e. The van der Waals surface area contributed by atoms with Crippen LogP contribution in [0.3, 0.4) is 0 Å².